The second-order valence-corrected chi connectivity index (χ2v) is 9.91. The Morgan fingerprint density at radius 3 is 2.78 bits per heavy atom. The number of carbonyl (C=O) groups is 1. The van der Waals surface area contributed by atoms with Gasteiger partial charge in [0.1, 0.15) is 5.60 Å². The van der Waals surface area contributed by atoms with E-state index in [4.69, 9.17) is 22.1 Å². The Kier molecular flexibility index (Phi) is 5.67. The molecule has 4 nitrogen and oxygen atoms in total. The highest BCUT2D eigenvalue weighted by molar-refractivity contribution is 6.34. The van der Waals surface area contributed by atoms with Crippen molar-refractivity contribution < 1.29 is 9.53 Å². The molecule has 3 unspecified atom stereocenters. The Morgan fingerprint density at radius 2 is 2.11 bits per heavy atom. The fraction of sp³-hybridized carbons (Fsp3) is 0.682. The monoisotopic (exact) mass is 392 g/mol. The molecule has 1 aromatic rings. The molecule has 0 spiro atoms. The normalized spacial score (nSPS) is 27.9. The lowest BCUT2D eigenvalue weighted by atomic mass is 9.63. The van der Waals surface area contributed by atoms with Gasteiger partial charge < -0.3 is 15.8 Å². The van der Waals surface area contributed by atoms with E-state index in [1.165, 1.54) is 44.9 Å². The fourth-order valence-corrected chi connectivity index (χ4v) is 5.17. The Labute approximate surface area is 168 Å². The van der Waals surface area contributed by atoms with Gasteiger partial charge in [-0.2, -0.15) is 0 Å². The second kappa shape index (κ2) is 7.54. The van der Waals surface area contributed by atoms with Gasteiger partial charge in [-0.05, 0) is 70.4 Å². The van der Waals surface area contributed by atoms with Crippen LogP contribution < -0.4 is 11.1 Å². The van der Waals surface area contributed by atoms with E-state index in [1.54, 1.807) is 12.1 Å². The molecule has 150 valence electrons. The van der Waals surface area contributed by atoms with E-state index in [-0.39, 0.29) is 5.54 Å². The lowest BCUT2D eigenvalue weighted by molar-refractivity contribution is 0.00698. The third kappa shape index (κ3) is 4.71. The van der Waals surface area contributed by atoms with Crippen molar-refractivity contribution in [2.45, 2.75) is 83.8 Å². The van der Waals surface area contributed by atoms with Gasteiger partial charge in [-0.3, -0.25) is 0 Å². The maximum absolute atomic E-state index is 12.4. The number of carbonyl (C=O) groups excluding carboxylic acids is 1. The summed E-state index contributed by atoms with van der Waals surface area (Å²) in [5, 5.41) is 4.13. The number of benzene rings is 1. The number of rotatable bonds is 4. The van der Waals surface area contributed by atoms with Gasteiger partial charge in [0, 0.05) is 5.54 Å². The van der Waals surface area contributed by atoms with E-state index < -0.39 is 11.6 Å². The van der Waals surface area contributed by atoms with E-state index in [1.807, 2.05) is 20.8 Å². The van der Waals surface area contributed by atoms with E-state index in [0.29, 0.717) is 16.3 Å². The number of nitrogen functional groups attached to an aromatic ring is 1. The maximum atomic E-state index is 12.4. The average molecular weight is 393 g/mol. The predicted molar refractivity (Wildman–Crippen MR) is 112 cm³/mol. The molecule has 2 aliphatic carbocycles. The molecule has 5 heteroatoms. The highest BCUT2D eigenvalue weighted by Crippen LogP contribution is 2.48. The number of nitrogens with two attached hydrogens (primary N) is 1. The molecule has 27 heavy (non-hydrogen) atoms. The largest absolute Gasteiger partial charge is 0.456 e. The number of fused-ring (bicyclic) bond motifs is 2. The zero-order chi connectivity index (χ0) is 19.8. The van der Waals surface area contributed by atoms with Crippen LogP contribution in [-0.2, 0) is 4.74 Å². The standard InChI is InChI=1S/C22H33ClN2O2/c1-5-14-9-15-7-6-8-22(12-14,13-15)25-19-11-17(23)16(10-18(19)24)20(26)27-21(2,3)4/h10-11,14-15,25H,5-9,12-13,24H2,1-4H3. The van der Waals surface area contributed by atoms with Gasteiger partial charge in [0.05, 0.1) is 22.0 Å². The van der Waals surface area contributed by atoms with Gasteiger partial charge in [-0.1, -0.05) is 37.8 Å². The number of halogens is 1. The Hall–Kier alpha value is -1.42. The van der Waals surface area contributed by atoms with Crippen LogP contribution in [0.25, 0.3) is 0 Å². The summed E-state index contributed by atoms with van der Waals surface area (Å²) in [5.41, 5.74) is 7.56. The summed E-state index contributed by atoms with van der Waals surface area (Å²) in [7, 11) is 0. The maximum Gasteiger partial charge on any atom is 0.340 e. The molecule has 0 heterocycles. The summed E-state index contributed by atoms with van der Waals surface area (Å²) in [6.07, 6.45) is 8.75. The first-order valence-corrected chi connectivity index (χ1v) is 10.6. The molecular formula is C22H33ClN2O2. The van der Waals surface area contributed by atoms with E-state index in [0.717, 1.165) is 17.5 Å². The summed E-state index contributed by atoms with van der Waals surface area (Å²) in [5.74, 6) is 1.14. The van der Waals surface area contributed by atoms with E-state index in [2.05, 4.69) is 12.2 Å². The van der Waals surface area contributed by atoms with Gasteiger partial charge >= 0.3 is 5.97 Å². The van der Waals surface area contributed by atoms with Crippen molar-refractivity contribution >= 4 is 28.9 Å². The van der Waals surface area contributed by atoms with Crippen LogP contribution in [0.2, 0.25) is 5.02 Å². The summed E-state index contributed by atoms with van der Waals surface area (Å²) >= 11 is 6.43. The summed E-state index contributed by atoms with van der Waals surface area (Å²) in [4.78, 5) is 12.4. The first kappa shape index (κ1) is 20.3. The number of esters is 1. The van der Waals surface area contributed by atoms with Gasteiger partial charge in [0.25, 0.3) is 0 Å². The minimum atomic E-state index is -0.570. The lowest BCUT2D eigenvalue weighted by Crippen LogP contribution is -2.48. The van der Waals surface area contributed by atoms with Crippen molar-refractivity contribution in [1.29, 1.82) is 0 Å². The molecule has 1 aromatic carbocycles. The van der Waals surface area contributed by atoms with E-state index >= 15 is 0 Å². The van der Waals surface area contributed by atoms with Gasteiger partial charge in [0.15, 0.2) is 0 Å². The first-order valence-electron chi connectivity index (χ1n) is 10.2. The number of anilines is 2. The molecule has 2 aliphatic rings. The topological polar surface area (TPSA) is 64.3 Å². The summed E-state index contributed by atoms with van der Waals surface area (Å²) in [6.45, 7) is 7.80. The highest BCUT2D eigenvalue weighted by Gasteiger charge is 2.42. The van der Waals surface area contributed by atoms with Crippen LogP contribution in [0.4, 0.5) is 11.4 Å². The molecule has 0 aromatic heterocycles. The average Bonchev–Trinajstić information content (AvgIpc) is 2.55. The zero-order valence-electron chi connectivity index (χ0n) is 17.0. The Balaban J connectivity index is 1.83. The second-order valence-electron chi connectivity index (χ2n) is 9.50. The van der Waals surface area contributed by atoms with Crippen LogP contribution >= 0.6 is 11.6 Å². The number of hydrogen-bond acceptors (Lipinski definition) is 4. The smallest absolute Gasteiger partial charge is 0.340 e. The van der Waals surface area contributed by atoms with Crippen molar-refractivity contribution in [1.82, 2.24) is 0 Å². The molecule has 2 bridgehead atoms. The molecule has 0 radical (unpaired) electrons. The molecular weight excluding hydrogens is 360 g/mol. The third-order valence-corrected chi connectivity index (χ3v) is 6.34. The van der Waals surface area contributed by atoms with Crippen LogP contribution in [0.15, 0.2) is 12.1 Å². The lowest BCUT2D eigenvalue weighted by Gasteiger charge is -2.49. The Morgan fingerprint density at radius 1 is 1.37 bits per heavy atom. The molecule has 2 fully saturated rings. The Bertz CT molecular complexity index is 713. The van der Waals surface area contributed by atoms with Crippen LogP contribution in [0.3, 0.4) is 0 Å². The highest BCUT2D eigenvalue weighted by atomic mass is 35.5. The number of ether oxygens (including phenoxy) is 1. The molecule has 0 saturated heterocycles. The van der Waals surface area contributed by atoms with Crippen LogP contribution in [0, 0.1) is 11.8 Å². The zero-order valence-corrected chi connectivity index (χ0v) is 17.8. The summed E-state index contributed by atoms with van der Waals surface area (Å²) < 4.78 is 5.44. The molecule has 3 atom stereocenters. The van der Waals surface area contributed by atoms with Crippen molar-refractivity contribution in [2.24, 2.45) is 11.8 Å². The quantitative estimate of drug-likeness (QED) is 0.484. The molecule has 0 amide bonds. The molecule has 3 N–H and O–H groups in total. The fourth-order valence-electron chi connectivity index (χ4n) is 4.93. The van der Waals surface area contributed by atoms with Crippen LogP contribution in [-0.4, -0.2) is 17.1 Å². The number of hydrogen-bond donors (Lipinski definition) is 2. The van der Waals surface area contributed by atoms with E-state index in [9.17, 15) is 4.79 Å². The number of nitrogens with one attached hydrogen (secondary N) is 1. The SMILES string of the molecule is CCC1CC2CCCC(Nc3cc(Cl)c(C(=O)OC(C)(C)C)cc3N)(C1)C2. The van der Waals surface area contributed by atoms with Crippen molar-refractivity contribution in [3.8, 4) is 0 Å². The van der Waals surface area contributed by atoms with Crippen molar-refractivity contribution in [3.63, 3.8) is 0 Å². The van der Waals surface area contributed by atoms with Gasteiger partial charge in [0.2, 0.25) is 0 Å². The molecule has 3 rings (SSSR count). The summed E-state index contributed by atoms with van der Waals surface area (Å²) in [6, 6.07) is 3.44. The molecule has 0 aliphatic heterocycles. The first-order chi connectivity index (χ1) is 12.6. The van der Waals surface area contributed by atoms with Gasteiger partial charge in [-0.25, -0.2) is 4.79 Å². The molecule has 2 saturated carbocycles. The van der Waals surface area contributed by atoms with Crippen molar-refractivity contribution in [2.75, 3.05) is 11.1 Å². The van der Waals surface area contributed by atoms with Gasteiger partial charge in [-0.15, -0.1) is 0 Å². The predicted octanol–water partition coefficient (Wildman–Crippen LogP) is 6.04. The minimum Gasteiger partial charge on any atom is -0.456 e. The van der Waals surface area contributed by atoms with Crippen LogP contribution in [0.1, 0.15) is 83.0 Å². The third-order valence-electron chi connectivity index (χ3n) is 6.03. The van der Waals surface area contributed by atoms with Crippen molar-refractivity contribution in [3.05, 3.63) is 22.7 Å². The minimum absolute atomic E-state index is 0.104. The van der Waals surface area contributed by atoms with Crippen LogP contribution in [0.5, 0.6) is 0 Å².